The first-order valence-electron chi connectivity index (χ1n) is 9.79. The third-order valence-corrected chi connectivity index (χ3v) is 5.89. The molecular formula is C22H23N5O. The quantitative estimate of drug-likeness (QED) is 0.691. The van der Waals surface area contributed by atoms with Crippen molar-refractivity contribution >= 4 is 22.8 Å². The van der Waals surface area contributed by atoms with Crippen LogP contribution in [0.1, 0.15) is 21.7 Å². The zero-order chi connectivity index (χ0) is 19.3. The van der Waals surface area contributed by atoms with Crippen molar-refractivity contribution in [2.45, 2.75) is 13.8 Å². The zero-order valence-electron chi connectivity index (χ0n) is 16.2. The standard InChI is InChI=1S/C22H23N5O/c1-14-9-15(2)25-22(24-14)27-12-17-10-26(11-18(17)13-27)21(28)19-7-3-5-16-6-4-8-23-20(16)19/h3-9,17-18H,10-13H2,1-2H3. The van der Waals surface area contributed by atoms with Crippen LogP contribution in [-0.4, -0.2) is 51.9 Å². The monoisotopic (exact) mass is 373 g/mol. The molecule has 3 aromatic rings. The molecular weight excluding hydrogens is 350 g/mol. The number of carbonyl (C=O) groups is 1. The number of aromatic nitrogens is 3. The summed E-state index contributed by atoms with van der Waals surface area (Å²) in [4.78, 5) is 31.1. The summed E-state index contributed by atoms with van der Waals surface area (Å²) in [5, 5.41) is 1.01. The van der Waals surface area contributed by atoms with Crippen LogP contribution < -0.4 is 4.90 Å². The summed E-state index contributed by atoms with van der Waals surface area (Å²) < 4.78 is 0. The average molecular weight is 373 g/mol. The number of anilines is 1. The third-order valence-electron chi connectivity index (χ3n) is 5.89. The lowest BCUT2D eigenvalue weighted by molar-refractivity contribution is 0.0784. The largest absolute Gasteiger partial charge is 0.340 e. The van der Waals surface area contributed by atoms with Crippen LogP contribution >= 0.6 is 0 Å². The first-order valence-corrected chi connectivity index (χ1v) is 9.79. The van der Waals surface area contributed by atoms with E-state index in [2.05, 4.69) is 19.9 Å². The maximum absolute atomic E-state index is 13.2. The van der Waals surface area contributed by atoms with Crippen LogP contribution in [0.4, 0.5) is 5.95 Å². The fourth-order valence-corrected chi connectivity index (χ4v) is 4.62. The Morgan fingerprint density at radius 2 is 1.64 bits per heavy atom. The number of aryl methyl sites for hydroxylation is 2. The van der Waals surface area contributed by atoms with Gasteiger partial charge in [-0.15, -0.1) is 0 Å². The molecule has 5 rings (SSSR count). The van der Waals surface area contributed by atoms with Crippen molar-refractivity contribution in [1.82, 2.24) is 19.9 Å². The molecule has 0 bridgehead atoms. The number of benzene rings is 1. The maximum atomic E-state index is 13.2. The van der Waals surface area contributed by atoms with Crippen molar-refractivity contribution in [1.29, 1.82) is 0 Å². The second-order valence-electron chi connectivity index (χ2n) is 7.97. The lowest BCUT2D eigenvalue weighted by Crippen LogP contribution is -2.34. The predicted octanol–water partition coefficient (Wildman–Crippen LogP) is 2.85. The summed E-state index contributed by atoms with van der Waals surface area (Å²) in [6, 6.07) is 11.7. The van der Waals surface area contributed by atoms with Crippen molar-refractivity contribution < 1.29 is 4.79 Å². The number of likely N-dealkylation sites (tertiary alicyclic amines) is 1. The maximum Gasteiger partial charge on any atom is 0.256 e. The Balaban J connectivity index is 1.33. The highest BCUT2D eigenvalue weighted by Gasteiger charge is 2.42. The van der Waals surface area contributed by atoms with Gasteiger partial charge in [-0.2, -0.15) is 0 Å². The highest BCUT2D eigenvalue weighted by atomic mass is 16.2. The number of rotatable bonds is 2. The van der Waals surface area contributed by atoms with Gasteiger partial charge in [-0.1, -0.05) is 18.2 Å². The van der Waals surface area contributed by atoms with Crippen LogP contribution in [0.3, 0.4) is 0 Å². The Kier molecular flexibility index (Phi) is 4.00. The summed E-state index contributed by atoms with van der Waals surface area (Å²) in [7, 11) is 0. The molecule has 0 aliphatic carbocycles. The highest BCUT2D eigenvalue weighted by molar-refractivity contribution is 6.05. The van der Waals surface area contributed by atoms with E-state index in [0.29, 0.717) is 17.4 Å². The molecule has 0 N–H and O–H groups in total. The minimum atomic E-state index is 0.0906. The van der Waals surface area contributed by atoms with Gasteiger partial charge >= 0.3 is 0 Å². The van der Waals surface area contributed by atoms with E-state index in [0.717, 1.165) is 54.4 Å². The first-order chi connectivity index (χ1) is 13.6. The number of pyridine rings is 1. The van der Waals surface area contributed by atoms with E-state index < -0.39 is 0 Å². The SMILES string of the molecule is Cc1cc(C)nc(N2CC3CN(C(=O)c4cccc5cccnc45)CC3C2)n1. The fraction of sp³-hybridized carbons (Fsp3) is 0.364. The lowest BCUT2D eigenvalue weighted by Gasteiger charge is -2.22. The topological polar surface area (TPSA) is 62.2 Å². The molecule has 0 saturated carbocycles. The normalized spacial score (nSPS) is 21.4. The number of hydrogen-bond acceptors (Lipinski definition) is 5. The van der Waals surface area contributed by atoms with E-state index in [1.54, 1.807) is 6.20 Å². The molecule has 1 amide bonds. The van der Waals surface area contributed by atoms with Crippen molar-refractivity contribution in [3.05, 3.63) is 59.5 Å². The molecule has 28 heavy (non-hydrogen) atoms. The number of fused-ring (bicyclic) bond motifs is 2. The minimum absolute atomic E-state index is 0.0906. The molecule has 142 valence electrons. The predicted molar refractivity (Wildman–Crippen MR) is 108 cm³/mol. The summed E-state index contributed by atoms with van der Waals surface area (Å²) >= 11 is 0. The van der Waals surface area contributed by atoms with Crippen LogP contribution in [0, 0.1) is 25.7 Å². The van der Waals surface area contributed by atoms with Gasteiger partial charge in [0.15, 0.2) is 0 Å². The summed E-state index contributed by atoms with van der Waals surface area (Å²) in [5.74, 6) is 1.85. The van der Waals surface area contributed by atoms with Crippen LogP contribution in [0.15, 0.2) is 42.6 Å². The van der Waals surface area contributed by atoms with Crippen LogP contribution in [0.5, 0.6) is 0 Å². The molecule has 2 unspecified atom stereocenters. The number of carbonyl (C=O) groups excluding carboxylic acids is 1. The Morgan fingerprint density at radius 3 is 2.36 bits per heavy atom. The summed E-state index contributed by atoms with van der Waals surface area (Å²) in [5.41, 5.74) is 3.49. The van der Waals surface area contributed by atoms with Gasteiger partial charge in [0.25, 0.3) is 5.91 Å². The molecule has 6 nitrogen and oxygen atoms in total. The lowest BCUT2D eigenvalue weighted by atomic mass is 10.0. The van der Waals surface area contributed by atoms with Crippen LogP contribution in [0.25, 0.3) is 10.9 Å². The van der Waals surface area contributed by atoms with Gasteiger partial charge in [0, 0.05) is 61.0 Å². The zero-order valence-corrected chi connectivity index (χ0v) is 16.2. The van der Waals surface area contributed by atoms with Crippen molar-refractivity contribution in [2.24, 2.45) is 11.8 Å². The molecule has 0 radical (unpaired) electrons. The molecule has 2 saturated heterocycles. The minimum Gasteiger partial charge on any atom is -0.340 e. The van der Waals surface area contributed by atoms with Crippen molar-refractivity contribution in [3.63, 3.8) is 0 Å². The molecule has 2 atom stereocenters. The molecule has 6 heteroatoms. The van der Waals surface area contributed by atoms with E-state index >= 15 is 0 Å². The molecule has 0 spiro atoms. The van der Waals surface area contributed by atoms with E-state index in [1.807, 2.05) is 55.1 Å². The number of hydrogen-bond donors (Lipinski definition) is 0. The van der Waals surface area contributed by atoms with E-state index in [4.69, 9.17) is 0 Å². The number of para-hydroxylation sites is 1. The molecule has 2 aliphatic heterocycles. The Morgan fingerprint density at radius 1 is 0.964 bits per heavy atom. The molecule has 2 aliphatic rings. The van der Waals surface area contributed by atoms with Gasteiger partial charge in [0.05, 0.1) is 11.1 Å². The Hall–Kier alpha value is -3.02. The summed E-state index contributed by atoms with van der Waals surface area (Å²) in [6.07, 6.45) is 1.75. The van der Waals surface area contributed by atoms with E-state index in [-0.39, 0.29) is 5.91 Å². The van der Waals surface area contributed by atoms with Gasteiger partial charge in [-0.3, -0.25) is 9.78 Å². The molecule has 1 aromatic carbocycles. The van der Waals surface area contributed by atoms with Crippen molar-refractivity contribution in [2.75, 3.05) is 31.1 Å². The van der Waals surface area contributed by atoms with Gasteiger partial charge < -0.3 is 9.80 Å². The third kappa shape index (κ3) is 2.89. The fourth-order valence-electron chi connectivity index (χ4n) is 4.62. The highest BCUT2D eigenvalue weighted by Crippen LogP contribution is 2.34. The van der Waals surface area contributed by atoms with E-state index in [9.17, 15) is 4.79 Å². The smallest absolute Gasteiger partial charge is 0.256 e. The summed E-state index contributed by atoms with van der Waals surface area (Å²) in [6.45, 7) is 7.40. The molecule has 2 fully saturated rings. The Bertz CT molecular complexity index is 1030. The first kappa shape index (κ1) is 17.1. The second-order valence-corrected chi connectivity index (χ2v) is 7.97. The second kappa shape index (κ2) is 6.55. The van der Waals surface area contributed by atoms with Gasteiger partial charge in [-0.05, 0) is 32.0 Å². The van der Waals surface area contributed by atoms with Gasteiger partial charge in [0.2, 0.25) is 5.95 Å². The number of nitrogens with zero attached hydrogens (tertiary/aromatic N) is 5. The van der Waals surface area contributed by atoms with Gasteiger partial charge in [-0.25, -0.2) is 9.97 Å². The molecule has 4 heterocycles. The van der Waals surface area contributed by atoms with E-state index in [1.165, 1.54) is 0 Å². The number of amides is 1. The average Bonchev–Trinajstić information content (AvgIpc) is 3.25. The van der Waals surface area contributed by atoms with Crippen molar-refractivity contribution in [3.8, 4) is 0 Å². The van der Waals surface area contributed by atoms with Crippen LogP contribution in [0.2, 0.25) is 0 Å². The van der Waals surface area contributed by atoms with Crippen LogP contribution in [-0.2, 0) is 0 Å². The Labute approximate surface area is 164 Å². The molecule has 2 aromatic heterocycles. The van der Waals surface area contributed by atoms with Gasteiger partial charge in [0.1, 0.15) is 0 Å².